The lowest BCUT2D eigenvalue weighted by molar-refractivity contribution is 0.221. The molecule has 94 valence electrons. The number of aromatic nitrogens is 2. The lowest BCUT2D eigenvalue weighted by Crippen LogP contribution is -2.37. The summed E-state index contributed by atoms with van der Waals surface area (Å²) in [4.78, 5) is 8.56. The number of nitrogens with two attached hydrogens (primary N) is 1. The van der Waals surface area contributed by atoms with Crippen LogP contribution in [0.5, 0.6) is 11.8 Å². The molecular formula is C11H18N4O2. The van der Waals surface area contributed by atoms with Crippen molar-refractivity contribution in [2.24, 2.45) is 11.8 Å². The van der Waals surface area contributed by atoms with Crippen LogP contribution >= 0.6 is 0 Å². The van der Waals surface area contributed by atoms with Crippen molar-refractivity contribution in [2.75, 3.05) is 14.2 Å². The molecule has 0 bridgehead atoms. The van der Waals surface area contributed by atoms with E-state index in [1.54, 1.807) is 20.4 Å². The second-order valence-corrected chi connectivity index (χ2v) is 4.14. The SMILES string of the molecule is COc1cnc(C(NN)C2CCC2)c(OC)n1. The maximum Gasteiger partial charge on any atom is 0.240 e. The first-order chi connectivity index (χ1) is 8.30. The summed E-state index contributed by atoms with van der Waals surface area (Å²) in [6, 6.07) is -0.00268. The molecule has 2 rings (SSSR count). The Labute approximate surface area is 101 Å². The smallest absolute Gasteiger partial charge is 0.240 e. The Bertz CT molecular complexity index is 382. The van der Waals surface area contributed by atoms with Gasteiger partial charge in [0.2, 0.25) is 11.8 Å². The van der Waals surface area contributed by atoms with Crippen LogP contribution in [0.4, 0.5) is 0 Å². The van der Waals surface area contributed by atoms with Crippen molar-refractivity contribution in [3.8, 4) is 11.8 Å². The third-order valence-corrected chi connectivity index (χ3v) is 3.24. The van der Waals surface area contributed by atoms with Gasteiger partial charge in [0.25, 0.3) is 0 Å². The predicted molar refractivity (Wildman–Crippen MR) is 62.5 cm³/mol. The quantitative estimate of drug-likeness (QED) is 0.583. The van der Waals surface area contributed by atoms with E-state index in [4.69, 9.17) is 15.3 Å². The maximum atomic E-state index is 5.60. The van der Waals surface area contributed by atoms with E-state index in [-0.39, 0.29) is 6.04 Å². The van der Waals surface area contributed by atoms with Gasteiger partial charge in [0.05, 0.1) is 26.5 Å². The number of rotatable bonds is 5. The molecule has 1 fully saturated rings. The molecule has 1 unspecified atom stereocenters. The highest BCUT2D eigenvalue weighted by Crippen LogP contribution is 2.39. The molecule has 0 amide bonds. The first-order valence-corrected chi connectivity index (χ1v) is 5.71. The Hall–Kier alpha value is -1.40. The number of hydrogen-bond donors (Lipinski definition) is 2. The Kier molecular flexibility index (Phi) is 3.75. The van der Waals surface area contributed by atoms with Crippen LogP contribution in [0.25, 0.3) is 0 Å². The zero-order valence-corrected chi connectivity index (χ0v) is 10.1. The van der Waals surface area contributed by atoms with Gasteiger partial charge in [-0.15, -0.1) is 0 Å². The van der Waals surface area contributed by atoms with Crippen molar-refractivity contribution >= 4 is 0 Å². The standard InChI is InChI=1S/C11H18N4O2/c1-16-8-6-13-10(11(14-8)17-2)9(15-12)7-4-3-5-7/h6-7,9,15H,3-5,12H2,1-2H3. The van der Waals surface area contributed by atoms with Crippen LogP contribution in [0.1, 0.15) is 31.0 Å². The number of nitrogens with zero attached hydrogens (tertiary/aromatic N) is 2. The minimum absolute atomic E-state index is 0.00268. The maximum absolute atomic E-state index is 5.60. The summed E-state index contributed by atoms with van der Waals surface area (Å²) in [6.07, 6.45) is 5.15. The van der Waals surface area contributed by atoms with Crippen LogP contribution in [0.2, 0.25) is 0 Å². The summed E-state index contributed by atoms with van der Waals surface area (Å²) in [6.45, 7) is 0. The van der Waals surface area contributed by atoms with E-state index in [0.717, 1.165) is 18.5 Å². The average molecular weight is 238 g/mol. The zero-order valence-electron chi connectivity index (χ0n) is 10.1. The molecule has 1 aliphatic carbocycles. The fourth-order valence-electron chi connectivity index (χ4n) is 2.04. The molecule has 17 heavy (non-hydrogen) atoms. The van der Waals surface area contributed by atoms with Gasteiger partial charge in [-0.25, -0.2) is 4.98 Å². The first-order valence-electron chi connectivity index (χ1n) is 5.71. The highest BCUT2D eigenvalue weighted by Gasteiger charge is 2.31. The molecule has 0 aliphatic heterocycles. The largest absolute Gasteiger partial charge is 0.480 e. The monoisotopic (exact) mass is 238 g/mol. The third-order valence-electron chi connectivity index (χ3n) is 3.24. The fraction of sp³-hybridized carbons (Fsp3) is 0.636. The molecule has 0 spiro atoms. The van der Waals surface area contributed by atoms with E-state index in [1.807, 2.05) is 0 Å². The molecule has 0 saturated heterocycles. The van der Waals surface area contributed by atoms with Crippen molar-refractivity contribution in [3.05, 3.63) is 11.9 Å². The molecule has 1 aromatic rings. The van der Waals surface area contributed by atoms with Crippen LogP contribution in [0, 0.1) is 5.92 Å². The molecule has 1 aromatic heterocycles. The highest BCUT2D eigenvalue weighted by molar-refractivity contribution is 5.26. The van der Waals surface area contributed by atoms with Gasteiger partial charge in [0, 0.05) is 0 Å². The van der Waals surface area contributed by atoms with Gasteiger partial charge in [-0.05, 0) is 18.8 Å². The minimum Gasteiger partial charge on any atom is -0.480 e. The summed E-state index contributed by atoms with van der Waals surface area (Å²) in [5, 5.41) is 0. The second-order valence-electron chi connectivity index (χ2n) is 4.14. The Balaban J connectivity index is 2.28. The van der Waals surface area contributed by atoms with Crippen LogP contribution in [0.15, 0.2) is 6.20 Å². The van der Waals surface area contributed by atoms with Gasteiger partial charge >= 0.3 is 0 Å². The third kappa shape index (κ3) is 2.32. The fourth-order valence-corrected chi connectivity index (χ4v) is 2.04. The Morgan fingerprint density at radius 3 is 2.65 bits per heavy atom. The molecule has 6 heteroatoms. The Morgan fingerprint density at radius 1 is 1.41 bits per heavy atom. The molecule has 1 atom stereocenters. The van der Waals surface area contributed by atoms with Gasteiger partial charge in [0.15, 0.2) is 0 Å². The van der Waals surface area contributed by atoms with E-state index >= 15 is 0 Å². The molecular weight excluding hydrogens is 220 g/mol. The van der Waals surface area contributed by atoms with E-state index in [0.29, 0.717) is 17.7 Å². The van der Waals surface area contributed by atoms with Crippen molar-refractivity contribution in [1.29, 1.82) is 0 Å². The minimum atomic E-state index is -0.00268. The zero-order chi connectivity index (χ0) is 12.3. The molecule has 0 radical (unpaired) electrons. The van der Waals surface area contributed by atoms with Gasteiger partial charge in [-0.2, -0.15) is 4.98 Å². The van der Waals surface area contributed by atoms with E-state index in [1.165, 1.54) is 6.42 Å². The van der Waals surface area contributed by atoms with Crippen molar-refractivity contribution < 1.29 is 9.47 Å². The summed E-state index contributed by atoms with van der Waals surface area (Å²) >= 11 is 0. The van der Waals surface area contributed by atoms with E-state index in [9.17, 15) is 0 Å². The topological polar surface area (TPSA) is 82.3 Å². The molecule has 6 nitrogen and oxygen atoms in total. The van der Waals surface area contributed by atoms with Gasteiger partial charge in [-0.1, -0.05) is 6.42 Å². The second kappa shape index (κ2) is 5.29. The number of hydrazine groups is 1. The number of hydrogen-bond acceptors (Lipinski definition) is 6. The van der Waals surface area contributed by atoms with Crippen LogP contribution in [0.3, 0.4) is 0 Å². The van der Waals surface area contributed by atoms with Gasteiger partial charge in [-0.3, -0.25) is 11.3 Å². The lowest BCUT2D eigenvalue weighted by Gasteiger charge is -2.33. The summed E-state index contributed by atoms with van der Waals surface area (Å²) < 4.78 is 10.3. The summed E-state index contributed by atoms with van der Waals surface area (Å²) in [5.41, 5.74) is 3.56. The Morgan fingerprint density at radius 2 is 2.18 bits per heavy atom. The lowest BCUT2D eigenvalue weighted by atomic mass is 9.79. The molecule has 1 heterocycles. The van der Waals surface area contributed by atoms with Crippen LogP contribution in [-0.2, 0) is 0 Å². The van der Waals surface area contributed by atoms with Crippen molar-refractivity contribution in [3.63, 3.8) is 0 Å². The molecule has 0 aromatic carbocycles. The number of ether oxygens (including phenoxy) is 2. The van der Waals surface area contributed by atoms with Crippen molar-refractivity contribution in [2.45, 2.75) is 25.3 Å². The summed E-state index contributed by atoms with van der Waals surface area (Å²) in [5.74, 6) is 7.03. The predicted octanol–water partition coefficient (Wildman–Crippen LogP) is 0.798. The van der Waals surface area contributed by atoms with E-state index in [2.05, 4.69) is 15.4 Å². The highest BCUT2D eigenvalue weighted by atomic mass is 16.5. The number of methoxy groups -OCH3 is 2. The molecule has 3 N–H and O–H groups in total. The first kappa shape index (κ1) is 12.1. The summed E-state index contributed by atoms with van der Waals surface area (Å²) in [7, 11) is 3.12. The molecule has 1 saturated carbocycles. The van der Waals surface area contributed by atoms with Crippen LogP contribution < -0.4 is 20.7 Å². The van der Waals surface area contributed by atoms with Crippen LogP contribution in [-0.4, -0.2) is 24.2 Å². The van der Waals surface area contributed by atoms with E-state index < -0.39 is 0 Å². The number of nitrogens with one attached hydrogen (secondary N) is 1. The normalized spacial score (nSPS) is 17.4. The average Bonchev–Trinajstić information content (AvgIpc) is 2.32. The van der Waals surface area contributed by atoms with Gasteiger partial charge < -0.3 is 9.47 Å². The van der Waals surface area contributed by atoms with Crippen molar-refractivity contribution in [1.82, 2.24) is 15.4 Å². The van der Waals surface area contributed by atoms with Gasteiger partial charge in [0.1, 0.15) is 5.69 Å². The molecule has 1 aliphatic rings.